The number of benzene rings is 3. The van der Waals surface area contributed by atoms with Crippen molar-refractivity contribution in [2.24, 2.45) is 0 Å². The van der Waals surface area contributed by atoms with Crippen LogP contribution in [-0.4, -0.2) is 35.0 Å². The molecule has 0 radical (unpaired) electrons. The Morgan fingerprint density at radius 1 is 0.800 bits per heavy atom. The minimum Gasteiger partial charge on any atom is -0.324 e. The molecule has 1 atom stereocenters. The van der Waals surface area contributed by atoms with E-state index in [1.807, 2.05) is 19.9 Å². The van der Waals surface area contributed by atoms with Gasteiger partial charge in [-0.1, -0.05) is 29.8 Å². The molecule has 0 heterocycles. The number of aryl methyl sites for hydroxylation is 3. The monoisotopic (exact) mass is 515 g/mol. The van der Waals surface area contributed by atoms with Crippen LogP contribution in [0.25, 0.3) is 0 Å². The van der Waals surface area contributed by atoms with Gasteiger partial charge in [-0.15, -0.1) is 0 Å². The maximum atomic E-state index is 13.0. The zero-order valence-electron chi connectivity index (χ0n) is 20.2. The van der Waals surface area contributed by atoms with Gasteiger partial charge in [0.05, 0.1) is 16.8 Å². The smallest absolute Gasteiger partial charge is 0.261 e. The fraction of sp³-hybridized carbons (Fsp3) is 0.240. The minimum absolute atomic E-state index is 0.0253. The van der Waals surface area contributed by atoms with E-state index in [2.05, 4.69) is 10.0 Å². The number of carbonyl (C=O) groups excluding carboxylic acids is 1. The van der Waals surface area contributed by atoms with Crippen LogP contribution in [0.5, 0.6) is 0 Å². The van der Waals surface area contributed by atoms with Crippen molar-refractivity contribution < 1.29 is 21.6 Å². The van der Waals surface area contributed by atoms with Gasteiger partial charge in [0.15, 0.2) is 0 Å². The zero-order valence-corrected chi connectivity index (χ0v) is 21.9. The van der Waals surface area contributed by atoms with Gasteiger partial charge in [0, 0.05) is 11.4 Å². The lowest BCUT2D eigenvalue weighted by Crippen LogP contribution is -2.45. The van der Waals surface area contributed by atoms with E-state index in [4.69, 9.17) is 0 Å². The van der Waals surface area contributed by atoms with Crippen molar-refractivity contribution in [3.05, 3.63) is 83.4 Å². The molecule has 0 saturated carbocycles. The normalized spacial score (nSPS) is 12.6. The molecule has 2 N–H and O–H groups in total. The van der Waals surface area contributed by atoms with Gasteiger partial charge in [-0.05, 0) is 81.3 Å². The molecule has 0 aliphatic heterocycles. The van der Waals surface area contributed by atoms with Gasteiger partial charge < -0.3 is 5.32 Å². The first-order valence-electron chi connectivity index (χ1n) is 10.8. The third kappa shape index (κ3) is 6.40. The van der Waals surface area contributed by atoms with E-state index >= 15 is 0 Å². The fourth-order valence-electron chi connectivity index (χ4n) is 3.54. The summed E-state index contributed by atoms with van der Waals surface area (Å²) >= 11 is 0. The molecule has 35 heavy (non-hydrogen) atoms. The Labute approximate surface area is 207 Å². The van der Waals surface area contributed by atoms with Gasteiger partial charge in [-0.25, -0.2) is 16.8 Å². The standard InChI is InChI=1S/C25H29N3O5S2/c1-17-7-10-22(11-8-17)27-35(32,33)23-14-12-21(13-15-23)26-25(29)20(4)28(34(5,30)31)24-16-18(2)6-9-19(24)3/h6-16,20,27H,1-5H3,(H,26,29)/t20-/m0/s1. The van der Waals surface area contributed by atoms with E-state index in [1.54, 1.807) is 43.3 Å². The minimum atomic E-state index is -3.82. The van der Waals surface area contributed by atoms with E-state index in [1.165, 1.54) is 31.2 Å². The molecular formula is C25H29N3O5S2. The molecule has 0 aliphatic rings. The van der Waals surface area contributed by atoms with E-state index in [0.717, 1.165) is 27.3 Å². The van der Waals surface area contributed by atoms with Crippen LogP contribution in [0.1, 0.15) is 23.6 Å². The van der Waals surface area contributed by atoms with Gasteiger partial charge in [0.1, 0.15) is 6.04 Å². The van der Waals surface area contributed by atoms with Crippen LogP contribution in [0.2, 0.25) is 0 Å². The predicted molar refractivity (Wildman–Crippen MR) is 140 cm³/mol. The Bertz CT molecular complexity index is 1430. The molecule has 3 rings (SSSR count). The van der Waals surface area contributed by atoms with Crippen LogP contribution < -0.4 is 14.3 Å². The topological polar surface area (TPSA) is 113 Å². The number of rotatable bonds is 8. The van der Waals surface area contributed by atoms with Crippen molar-refractivity contribution in [1.29, 1.82) is 0 Å². The number of sulfonamides is 2. The molecular weight excluding hydrogens is 486 g/mol. The molecule has 0 bridgehead atoms. The second kappa shape index (κ2) is 10.1. The van der Waals surface area contributed by atoms with Crippen LogP contribution in [-0.2, 0) is 24.8 Å². The Hall–Kier alpha value is -3.37. The van der Waals surface area contributed by atoms with Crippen LogP contribution in [0.15, 0.2) is 71.6 Å². The summed E-state index contributed by atoms with van der Waals surface area (Å²) < 4.78 is 54.1. The van der Waals surface area contributed by atoms with Crippen LogP contribution in [0.4, 0.5) is 17.1 Å². The third-order valence-electron chi connectivity index (χ3n) is 5.43. The number of nitrogens with one attached hydrogen (secondary N) is 2. The van der Waals surface area contributed by atoms with E-state index in [-0.39, 0.29) is 4.90 Å². The van der Waals surface area contributed by atoms with Crippen molar-refractivity contribution in [3.63, 3.8) is 0 Å². The van der Waals surface area contributed by atoms with Gasteiger partial charge in [0.25, 0.3) is 10.0 Å². The second-order valence-corrected chi connectivity index (χ2v) is 12.1. The van der Waals surface area contributed by atoms with Crippen LogP contribution in [0.3, 0.4) is 0 Å². The average molecular weight is 516 g/mol. The Morgan fingerprint density at radius 2 is 1.34 bits per heavy atom. The zero-order chi connectivity index (χ0) is 26.0. The van der Waals surface area contributed by atoms with Crippen LogP contribution in [0, 0.1) is 20.8 Å². The lowest BCUT2D eigenvalue weighted by atomic mass is 10.1. The Morgan fingerprint density at radius 3 is 1.91 bits per heavy atom. The number of nitrogens with zero attached hydrogens (tertiary/aromatic N) is 1. The molecule has 1 amide bonds. The highest BCUT2D eigenvalue weighted by molar-refractivity contribution is 7.92. The highest BCUT2D eigenvalue weighted by Crippen LogP contribution is 2.27. The molecule has 10 heteroatoms. The highest BCUT2D eigenvalue weighted by atomic mass is 32.2. The molecule has 3 aromatic carbocycles. The summed E-state index contributed by atoms with van der Waals surface area (Å²) in [7, 11) is -7.58. The van der Waals surface area contributed by atoms with Gasteiger partial charge >= 0.3 is 0 Å². The lowest BCUT2D eigenvalue weighted by molar-refractivity contribution is -0.116. The molecule has 8 nitrogen and oxygen atoms in total. The maximum absolute atomic E-state index is 13.0. The van der Waals surface area contributed by atoms with Crippen LogP contribution >= 0.6 is 0 Å². The Balaban J connectivity index is 1.79. The molecule has 3 aromatic rings. The lowest BCUT2D eigenvalue weighted by Gasteiger charge is -2.29. The molecule has 186 valence electrons. The van der Waals surface area contributed by atoms with Gasteiger partial charge in [0.2, 0.25) is 15.9 Å². The largest absolute Gasteiger partial charge is 0.324 e. The second-order valence-electron chi connectivity index (χ2n) is 8.51. The maximum Gasteiger partial charge on any atom is 0.261 e. The summed E-state index contributed by atoms with van der Waals surface area (Å²) in [6.45, 7) is 7.03. The summed E-state index contributed by atoms with van der Waals surface area (Å²) in [6.07, 6.45) is 1.05. The van der Waals surface area contributed by atoms with Crippen molar-refractivity contribution >= 4 is 43.0 Å². The summed E-state index contributed by atoms with van der Waals surface area (Å²) in [5, 5.41) is 2.67. The quantitative estimate of drug-likeness (QED) is 0.467. The average Bonchev–Trinajstić information content (AvgIpc) is 2.77. The first-order chi connectivity index (χ1) is 16.3. The summed E-state index contributed by atoms with van der Waals surface area (Å²) in [4.78, 5) is 13.0. The first kappa shape index (κ1) is 26.2. The van der Waals surface area contributed by atoms with Gasteiger partial charge in [-0.2, -0.15) is 0 Å². The molecule has 0 spiro atoms. The van der Waals surface area contributed by atoms with Crippen molar-refractivity contribution in [1.82, 2.24) is 0 Å². The van der Waals surface area contributed by atoms with Crippen molar-refractivity contribution in [2.75, 3.05) is 20.6 Å². The first-order valence-corrected chi connectivity index (χ1v) is 14.2. The van der Waals surface area contributed by atoms with E-state index in [0.29, 0.717) is 17.1 Å². The number of anilines is 3. The van der Waals surface area contributed by atoms with E-state index in [9.17, 15) is 21.6 Å². The highest BCUT2D eigenvalue weighted by Gasteiger charge is 2.30. The molecule has 0 aromatic heterocycles. The number of carbonyl (C=O) groups is 1. The fourth-order valence-corrected chi connectivity index (χ4v) is 5.82. The summed E-state index contributed by atoms with van der Waals surface area (Å²) in [6, 6.07) is 17.0. The third-order valence-corrected chi connectivity index (χ3v) is 8.05. The number of hydrogen-bond donors (Lipinski definition) is 2. The SMILES string of the molecule is Cc1ccc(NS(=O)(=O)c2ccc(NC(=O)[C@H](C)N(c3cc(C)ccc3C)S(C)(=O)=O)cc2)cc1. The molecule has 0 fully saturated rings. The van der Waals surface area contributed by atoms with Crippen molar-refractivity contribution in [2.45, 2.75) is 38.6 Å². The Kier molecular flexibility index (Phi) is 7.56. The van der Waals surface area contributed by atoms with Gasteiger partial charge in [-0.3, -0.25) is 13.8 Å². The summed E-state index contributed by atoms with van der Waals surface area (Å²) in [5.74, 6) is -0.551. The number of hydrogen-bond acceptors (Lipinski definition) is 5. The molecule has 0 saturated heterocycles. The predicted octanol–water partition coefficient (Wildman–Crippen LogP) is 4.21. The van der Waals surface area contributed by atoms with Crippen molar-refractivity contribution in [3.8, 4) is 0 Å². The molecule has 0 unspecified atom stereocenters. The molecule has 0 aliphatic carbocycles. The van der Waals surface area contributed by atoms with E-state index < -0.39 is 32.0 Å². The number of amides is 1. The summed E-state index contributed by atoms with van der Waals surface area (Å²) in [5.41, 5.74) is 3.80.